The fourth-order valence-electron chi connectivity index (χ4n) is 3.23. The molecule has 4 heteroatoms. The molecular formula is C22H35NO3. The van der Waals surface area contributed by atoms with Crippen LogP contribution in [-0.2, 0) is 16.0 Å². The second-order valence-electron chi connectivity index (χ2n) is 8.80. The number of benzene rings is 1. The van der Waals surface area contributed by atoms with Gasteiger partial charge in [0.15, 0.2) is 5.60 Å². The van der Waals surface area contributed by atoms with Crippen LogP contribution in [0, 0.1) is 0 Å². The zero-order valence-electron chi connectivity index (χ0n) is 17.1. The molecule has 0 bridgehead atoms. The number of nitrogens with one attached hydrogen (secondary N) is 1. The van der Waals surface area contributed by atoms with Crippen LogP contribution in [-0.4, -0.2) is 29.8 Å². The summed E-state index contributed by atoms with van der Waals surface area (Å²) in [6, 6.07) is 8.68. The van der Waals surface area contributed by atoms with Crippen LogP contribution in [0.25, 0.3) is 0 Å². The second kappa shape index (κ2) is 8.90. The molecule has 1 aromatic carbocycles. The van der Waals surface area contributed by atoms with E-state index in [2.05, 4.69) is 11.4 Å². The van der Waals surface area contributed by atoms with Gasteiger partial charge in [0.05, 0.1) is 0 Å². The molecule has 0 aliphatic heterocycles. The van der Waals surface area contributed by atoms with Crippen LogP contribution in [0.2, 0.25) is 0 Å². The van der Waals surface area contributed by atoms with Crippen molar-refractivity contribution < 1.29 is 14.3 Å². The summed E-state index contributed by atoms with van der Waals surface area (Å²) in [4.78, 5) is 12.4. The van der Waals surface area contributed by atoms with E-state index >= 15 is 0 Å². The lowest BCUT2D eigenvalue weighted by Crippen LogP contribution is -2.43. The second-order valence-corrected chi connectivity index (χ2v) is 8.80. The summed E-state index contributed by atoms with van der Waals surface area (Å²) in [6.07, 6.45) is 7.63. The first-order chi connectivity index (χ1) is 12.2. The van der Waals surface area contributed by atoms with Gasteiger partial charge in [-0.15, -0.1) is 0 Å². The van der Waals surface area contributed by atoms with Crippen LogP contribution in [0.15, 0.2) is 24.3 Å². The van der Waals surface area contributed by atoms with E-state index in [1.54, 1.807) is 13.8 Å². The van der Waals surface area contributed by atoms with E-state index < -0.39 is 11.2 Å². The maximum Gasteiger partial charge on any atom is 0.350 e. The third-order valence-electron chi connectivity index (χ3n) is 4.61. The lowest BCUT2D eigenvalue weighted by Gasteiger charge is -2.29. The van der Waals surface area contributed by atoms with E-state index in [0.717, 1.165) is 13.0 Å². The maximum absolute atomic E-state index is 12.4. The van der Waals surface area contributed by atoms with Crippen molar-refractivity contribution in [2.24, 2.45) is 0 Å². The Labute approximate surface area is 158 Å². The molecule has 0 radical (unpaired) electrons. The fourth-order valence-corrected chi connectivity index (χ4v) is 3.23. The average molecular weight is 362 g/mol. The molecule has 26 heavy (non-hydrogen) atoms. The minimum absolute atomic E-state index is 0.352. The predicted octanol–water partition coefficient (Wildman–Crippen LogP) is 4.65. The number of carbonyl (C=O) groups excluding carboxylic acids is 1. The third-order valence-corrected chi connectivity index (χ3v) is 4.61. The summed E-state index contributed by atoms with van der Waals surface area (Å²) in [5, 5.41) is 3.67. The number of hydrogen-bond acceptors (Lipinski definition) is 4. The van der Waals surface area contributed by atoms with Gasteiger partial charge in [-0.25, -0.2) is 4.79 Å². The molecule has 0 aromatic heterocycles. The first-order valence-corrected chi connectivity index (χ1v) is 9.90. The van der Waals surface area contributed by atoms with Gasteiger partial charge < -0.3 is 14.8 Å². The third kappa shape index (κ3) is 6.99. The molecule has 0 heterocycles. The minimum Gasteiger partial charge on any atom is -0.476 e. The van der Waals surface area contributed by atoms with Crippen LogP contribution in [0.1, 0.15) is 72.3 Å². The summed E-state index contributed by atoms with van der Waals surface area (Å²) >= 11 is 0. The van der Waals surface area contributed by atoms with Gasteiger partial charge in [-0.1, -0.05) is 31.4 Å². The average Bonchev–Trinajstić information content (AvgIpc) is 2.54. The Morgan fingerprint density at radius 2 is 1.81 bits per heavy atom. The molecule has 0 atom stereocenters. The molecular weight excluding hydrogens is 326 g/mol. The van der Waals surface area contributed by atoms with E-state index in [-0.39, 0.29) is 5.97 Å². The molecule has 1 N–H and O–H groups in total. The van der Waals surface area contributed by atoms with Crippen molar-refractivity contribution in [1.82, 2.24) is 5.32 Å². The van der Waals surface area contributed by atoms with E-state index in [1.165, 1.54) is 37.7 Å². The van der Waals surface area contributed by atoms with Crippen molar-refractivity contribution in [2.45, 2.75) is 90.4 Å². The summed E-state index contributed by atoms with van der Waals surface area (Å²) in [5.41, 5.74) is -0.331. The van der Waals surface area contributed by atoms with Crippen molar-refractivity contribution in [3.8, 4) is 5.75 Å². The minimum atomic E-state index is -1.02. The number of esters is 1. The van der Waals surface area contributed by atoms with Gasteiger partial charge in [-0.05, 0) is 78.1 Å². The molecule has 0 unspecified atom stereocenters. The summed E-state index contributed by atoms with van der Waals surface area (Å²) in [5.74, 6) is 0.352. The van der Waals surface area contributed by atoms with E-state index in [4.69, 9.17) is 9.47 Å². The zero-order chi connectivity index (χ0) is 19.2. The molecule has 1 aliphatic rings. The highest BCUT2D eigenvalue weighted by molar-refractivity contribution is 5.79. The Morgan fingerprint density at radius 3 is 2.46 bits per heavy atom. The molecule has 1 aromatic rings. The number of hydrogen-bond donors (Lipinski definition) is 1. The standard InChI is InChI=1S/C22H35NO3/c1-21(2,3)26-20(24)22(4,5)25-19-13-9-10-17(16-19)14-15-23-18-11-7-6-8-12-18/h9-10,13,16,18,23H,6-8,11-12,14-15H2,1-5H3. The number of ether oxygens (including phenoxy) is 2. The molecule has 0 saturated heterocycles. The van der Waals surface area contributed by atoms with Gasteiger partial charge in [0.1, 0.15) is 11.4 Å². The monoisotopic (exact) mass is 361 g/mol. The van der Waals surface area contributed by atoms with Crippen LogP contribution in [0.4, 0.5) is 0 Å². The van der Waals surface area contributed by atoms with Gasteiger partial charge in [-0.3, -0.25) is 0 Å². The highest BCUT2D eigenvalue weighted by Crippen LogP contribution is 2.23. The van der Waals surface area contributed by atoms with Crippen LogP contribution >= 0.6 is 0 Å². The Hall–Kier alpha value is -1.55. The number of carbonyl (C=O) groups is 1. The zero-order valence-corrected chi connectivity index (χ0v) is 17.1. The Kier molecular flexibility index (Phi) is 7.10. The van der Waals surface area contributed by atoms with Crippen molar-refractivity contribution in [3.05, 3.63) is 29.8 Å². The van der Waals surface area contributed by atoms with Gasteiger partial charge in [-0.2, -0.15) is 0 Å². The van der Waals surface area contributed by atoms with E-state index in [9.17, 15) is 4.79 Å². The molecule has 1 fully saturated rings. The molecule has 4 nitrogen and oxygen atoms in total. The lowest BCUT2D eigenvalue weighted by molar-refractivity contribution is -0.170. The molecule has 1 aliphatic carbocycles. The summed E-state index contributed by atoms with van der Waals surface area (Å²) < 4.78 is 11.4. The highest BCUT2D eigenvalue weighted by Gasteiger charge is 2.34. The van der Waals surface area contributed by atoms with Crippen LogP contribution in [0.5, 0.6) is 5.75 Å². The topological polar surface area (TPSA) is 47.6 Å². The van der Waals surface area contributed by atoms with Crippen molar-refractivity contribution in [3.63, 3.8) is 0 Å². The van der Waals surface area contributed by atoms with Crippen LogP contribution < -0.4 is 10.1 Å². The normalized spacial score (nSPS) is 16.3. The smallest absolute Gasteiger partial charge is 0.350 e. The van der Waals surface area contributed by atoms with Gasteiger partial charge in [0.2, 0.25) is 0 Å². The Balaban J connectivity index is 1.88. The quantitative estimate of drug-likeness (QED) is 0.718. The van der Waals surface area contributed by atoms with Crippen molar-refractivity contribution >= 4 is 5.97 Å². The molecule has 2 rings (SSSR count). The molecule has 146 valence electrons. The first-order valence-electron chi connectivity index (χ1n) is 9.90. The predicted molar refractivity (Wildman–Crippen MR) is 106 cm³/mol. The van der Waals surface area contributed by atoms with E-state index in [1.807, 2.05) is 39.0 Å². The largest absolute Gasteiger partial charge is 0.476 e. The highest BCUT2D eigenvalue weighted by atomic mass is 16.6. The van der Waals surface area contributed by atoms with Crippen LogP contribution in [0.3, 0.4) is 0 Å². The van der Waals surface area contributed by atoms with E-state index in [0.29, 0.717) is 11.8 Å². The maximum atomic E-state index is 12.4. The molecule has 0 spiro atoms. The Bertz CT molecular complexity index is 583. The van der Waals surface area contributed by atoms with Crippen molar-refractivity contribution in [1.29, 1.82) is 0 Å². The fraction of sp³-hybridized carbons (Fsp3) is 0.682. The summed E-state index contributed by atoms with van der Waals surface area (Å²) in [6.45, 7) is 10.1. The SMILES string of the molecule is CC(C)(C)OC(=O)C(C)(C)Oc1cccc(CCNC2CCCCC2)c1. The Morgan fingerprint density at radius 1 is 1.12 bits per heavy atom. The summed E-state index contributed by atoms with van der Waals surface area (Å²) in [7, 11) is 0. The molecule has 0 amide bonds. The van der Waals surface area contributed by atoms with Crippen molar-refractivity contribution in [2.75, 3.05) is 6.54 Å². The lowest BCUT2D eigenvalue weighted by atomic mass is 9.95. The first kappa shape index (κ1) is 20.8. The van der Waals surface area contributed by atoms with Gasteiger partial charge in [0, 0.05) is 6.04 Å². The number of rotatable bonds is 7. The van der Waals surface area contributed by atoms with Gasteiger partial charge >= 0.3 is 5.97 Å². The van der Waals surface area contributed by atoms with Gasteiger partial charge in [0.25, 0.3) is 0 Å². The molecule has 1 saturated carbocycles.